The third kappa shape index (κ3) is 5.56. The van der Waals surface area contributed by atoms with Crippen molar-refractivity contribution < 1.29 is 9.53 Å². The van der Waals surface area contributed by atoms with Gasteiger partial charge in [-0.3, -0.25) is 14.7 Å². The highest BCUT2D eigenvalue weighted by Gasteiger charge is 2.22. The predicted molar refractivity (Wildman–Crippen MR) is 128 cm³/mol. The van der Waals surface area contributed by atoms with Crippen LogP contribution in [-0.2, 0) is 6.54 Å². The maximum absolute atomic E-state index is 12.6. The van der Waals surface area contributed by atoms with Crippen LogP contribution in [-0.4, -0.2) is 59.3 Å². The van der Waals surface area contributed by atoms with Crippen molar-refractivity contribution in [3.8, 4) is 11.9 Å². The van der Waals surface area contributed by atoms with Crippen molar-refractivity contribution in [2.24, 2.45) is 10.9 Å². The molecule has 2 aliphatic heterocycles. The van der Waals surface area contributed by atoms with Gasteiger partial charge in [0.15, 0.2) is 0 Å². The number of nitrogens with zero attached hydrogens (tertiary/aromatic N) is 5. The molecule has 0 aromatic carbocycles. The number of nitrogen functional groups attached to an aromatic ring is 1. The Kier molecular flexibility index (Phi) is 7.32. The molecule has 0 bridgehead atoms. The Labute approximate surface area is 197 Å². The van der Waals surface area contributed by atoms with Gasteiger partial charge in [0.2, 0.25) is 5.88 Å². The molecule has 2 aliphatic rings. The van der Waals surface area contributed by atoms with Crippen molar-refractivity contribution in [1.29, 1.82) is 5.26 Å². The van der Waals surface area contributed by atoms with Gasteiger partial charge in [0, 0.05) is 24.2 Å². The first-order valence-corrected chi connectivity index (χ1v) is 11.9. The molecule has 1 saturated heterocycles. The SMILES string of the molecule is CCOc1nc(C(=O)NCC2CCN(Cc3cnc(C4=NCC=C4)s3)CC2)cc(N)c1C#N. The molecule has 33 heavy (non-hydrogen) atoms. The van der Waals surface area contributed by atoms with Crippen molar-refractivity contribution in [2.45, 2.75) is 26.3 Å². The van der Waals surface area contributed by atoms with Crippen LogP contribution >= 0.6 is 11.3 Å². The van der Waals surface area contributed by atoms with E-state index in [2.05, 4.69) is 25.2 Å². The molecule has 0 saturated carbocycles. The smallest absolute Gasteiger partial charge is 0.270 e. The van der Waals surface area contributed by atoms with E-state index < -0.39 is 0 Å². The molecule has 1 amide bonds. The zero-order valence-electron chi connectivity index (χ0n) is 18.6. The second-order valence-electron chi connectivity index (χ2n) is 8.01. The minimum absolute atomic E-state index is 0.0979. The van der Waals surface area contributed by atoms with Gasteiger partial charge in [-0.25, -0.2) is 9.97 Å². The Morgan fingerprint density at radius 3 is 2.94 bits per heavy atom. The van der Waals surface area contributed by atoms with Crippen molar-refractivity contribution >= 4 is 28.6 Å². The molecular formula is C23H27N7O2S. The first-order chi connectivity index (χ1) is 16.1. The number of thiazole rings is 1. The number of carbonyl (C=O) groups excluding carboxylic acids is 1. The number of hydrogen-bond acceptors (Lipinski definition) is 9. The Morgan fingerprint density at radius 2 is 2.24 bits per heavy atom. The van der Waals surface area contributed by atoms with E-state index in [1.165, 1.54) is 10.9 Å². The molecule has 0 unspecified atom stereocenters. The lowest BCUT2D eigenvalue weighted by Gasteiger charge is -2.31. The Bertz CT molecular complexity index is 1110. The van der Waals surface area contributed by atoms with Crippen LogP contribution in [0.1, 0.15) is 45.7 Å². The number of nitrogens with two attached hydrogens (primary N) is 1. The van der Waals surface area contributed by atoms with Crippen LogP contribution in [0.3, 0.4) is 0 Å². The van der Waals surface area contributed by atoms with Gasteiger partial charge in [-0.1, -0.05) is 6.08 Å². The Morgan fingerprint density at radius 1 is 1.42 bits per heavy atom. The molecule has 2 aromatic rings. The molecule has 9 nitrogen and oxygen atoms in total. The molecule has 4 rings (SSSR count). The fourth-order valence-electron chi connectivity index (χ4n) is 3.91. The van der Waals surface area contributed by atoms with E-state index in [-0.39, 0.29) is 28.7 Å². The van der Waals surface area contributed by atoms with E-state index in [9.17, 15) is 10.1 Å². The lowest BCUT2D eigenvalue weighted by Crippen LogP contribution is -2.38. The Balaban J connectivity index is 1.25. The van der Waals surface area contributed by atoms with Crippen LogP contribution in [0.5, 0.6) is 5.88 Å². The molecule has 1 fully saturated rings. The zero-order valence-corrected chi connectivity index (χ0v) is 19.4. The highest BCUT2D eigenvalue weighted by molar-refractivity contribution is 7.13. The number of aromatic nitrogens is 2. The monoisotopic (exact) mass is 465 g/mol. The third-order valence-electron chi connectivity index (χ3n) is 5.70. The summed E-state index contributed by atoms with van der Waals surface area (Å²) in [6.07, 6.45) is 8.04. The first-order valence-electron chi connectivity index (χ1n) is 11.1. The Hall–Kier alpha value is -3.29. The second kappa shape index (κ2) is 10.6. The summed E-state index contributed by atoms with van der Waals surface area (Å²) in [7, 11) is 0. The number of nitriles is 1. The van der Waals surface area contributed by atoms with Crippen molar-refractivity contribution in [3.63, 3.8) is 0 Å². The number of ether oxygens (including phenoxy) is 1. The topological polar surface area (TPSA) is 130 Å². The standard InChI is InChI=1S/C23H27N7O2S/c1-2-32-22-17(11-24)18(25)10-20(29-22)21(31)27-12-15-5-8-30(9-6-15)14-16-13-28-23(33-16)19-4-3-7-26-19/h3-4,10,13,15H,2,5-9,12,14H2,1H3,(H2,25,29)(H,27,31). The largest absolute Gasteiger partial charge is 0.477 e. The number of rotatable bonds is 8. The number of piperidine rings is 1. The van der Waals surface area contributed by atoms with Crippen LogP contribution in [0.4, 0.5) is 5.69 Å². The summed E-state index contributed by atoms with van der Waals surface area (Å²) in [6, 6.07) is 3.40. The summed E-state index contributed by atoms with van der Waals surface area (Å²) in [4.78, 5) is 29.4. The summed E-state index contributed by atoms with van der Waals surface area (Å²) in [5.41, 5.74) is 7.40. The van der Waals surface area contributed by atoms with E-state index >= 15 is 0 Å². The molecule has 0 spiro atoms. The van der Waals surface area contributed by atoms with E-state index in [1.807, 2.05) is 24.4 Å². The number of aliphatic imine (C=N–C) groups is 1. The number of pyridine rings is 1. The lowest BCUT2D eigenvalue weighted by molar-refractivity contribution is 0.0929. The van der Waals surface area contributed by atoms with Crippen LogP contribution in [0.15, 0.2) is 29.4 Å². The van der Waals surface area contributed by atoms with Gasteiger partial charge in [0.1, 0.15) is 22.3 Å². The number of anilines is 1. The van der Waals surface area contributed by atoms with Crippen LogP contribution < -0.4 is 15.8 Å². The highest BCUT2D eigenvalue weighted by Crippen LogP contribution is 2.24. The van der Waals surface area contributed by atoms with Crippen LogP contribution in [0, 0.1) is 17.2 Å². The van der Waals surface area contributed by atoms with Gasteiger partial charge >= 0.3 is 0 Å². The average molecular weight is 466 g/mol. The lowest BCUT2D eigenvalue weighted by atomic mass is 9.96. The van der Waals surface area contributed by atoms with E-state index in [0.29, 0.717) is 19.1 Å². The summed E-state index contributed by atoms with van der Waals surface area (Å²) >= 11 is 1.71. The molecule has 3 N–H and O–H groups in total. The minimum Gasteiger partial charge on any atom is -0.477 e. The fraction of sp³-hybridized carbons (Fsp3) is 0.435. The molecular weight excluding hydrogens is 438 g/mol. The first kappa shape index (κ1) is 22.9. The third-order valence-corrected chi connectivity index (χ3v) is 6.70. The number of allylic oxidation sites excluding steroid dienone is 1. The predicted octanol–water partition coefficient (Wildman–Crippen LogP) is 2.39. The minimum atomic E-state index is -0.310. The molecule has 0 atom stereocenters. The summed E-state index contributed by atoms with van der Waals surface area (Å²) in [5.74, 6) is 0.193. The van der Waals surface area contributed by atoms with Crippen molar-refractivity contribution in [2.75, 3.05) is 38.5 Å². The fourth-order valence-corrected chi connectivity index (χ4v) is 4.86. The maximum atomic E-state index is 12.6. The number of amides is 1. The maximum Gasteiger partial charge on any atom is 0.270 e. The molecule has 4 heterocycles. The normalized spacial score (nSPS) is 16.4. The van der Waals surface area contributed by atoms with E-state index in [1.54, 1.807) is 18.3 Å². The molecule has 2 aromatic heterocycles. The van der Waals surface area contributed by atoms with Gasteiger partial charge in [0.25, 0.3) is 5.91 Å². The van der Waals surface area contributed by atoms with Gasteiger partial charge in [-0.2, -0.15) is 5.26 Å². The van der Waals surface area contributed by atoms with Crippen LogP contribution in [0.25, 0.3) is 0 Å². The molecule has 10 heteroatoms. The molecule has 172 valence electrons. The highest BCUT2D eigenvalue weighted by atomic mass is 32.1. The van der Waals surface area contributed by atoms with E-state index in [4.69, 9.17) is 10.5 Å². The average Bonchev–Trinajstić information content (AvgIpc) is 3.51. The summed E-state index contributed by atoms with van der Waals surface area (Å²) < 4.78 is 5.37. The van der Waals surface area contributed by atoms with Crippen molar-refractivity contribution in [1.82, 2.24) is 20.2 Å². The zero-order chi connectivity index (χ0) is 23.2. The number of hydrogen-bond donors (Lipinski definition) is 2. The van der Waals surface area contributed by atoms with Crippen LogP contribution in [0.2, 0.25) is 0 Å². The molecule has 0 radical (unpaired) electrons. The van der Waals surface area contributed by atoms with E-state index in [0.717, 1.165) is 49.7 Å². The van der Waals surface area contributed by atoms with Gasteiger partial charge in [0.05, 0.1) is 24.6 Å². The number of likely N-dealkylation sites (tertiary alicyclic amines) is 1. The number of nitrogens with one attached hydrogen (secondary N) is 1. The van der Waals surface area contributed by atoms with Crippen molar-refractivity contribution in [3.05, 3.63) is 45.6 Å². The summed E-state index contributed by atoms with van der Waals surface area (Å²) in [6.45, 7) is 6.29. The quantitative estimate of drug-likeness (QED) is 0.612. The van der Waals surface area contributed by atoms with Gasteiger partial charge in [-0.05, 0) is 50.9 Å². The molecule has 0 aliphatic carbocycles. The second-order valence-corrected chi connectivity index (χ2v) is 9.13. The van der Waals surface area contributed by atoms with Gasteiger partial charge in [-0.15, -0.1) is 11.3 Å². The number of carbonyl (C=O) groups is 1. The van der Waals surface area contributed by atoms with Gasteiger partial charge < -0.3 is 15.8 Å². The summed E-state index contributed by atoms with van der Waals surface area (Å²) in [5, 5.41) is 13.2.